The van der Waals surface area contributed by atoms with Crippen LogP contribution in [0.4, 0.5) is 5.69 Å². The number of rotatable bonds is 6. The van der Waals surface area contributed by atoms with Crippen molar-refractivity contribution < 1.29 is 19.2 Å². The number of nitro benzene ring substituents is 1. The predicted octanol–water partition coefficient (Wildman–Crippen LogP) is 3.67. The van der Waals surface area contributed by atoms with Crippen LogP contribution in [0.2, 0.25) is 0 Å². The Hall–Kier alpha value is -2.89. The van der Waals surface area contributed by atoms with E-state index in [0.29, 0.717) is 18.6 Å². The molecule has 2 aromatic carbocycles. The first kappa shape index (κ1) is 16.0. The summed E-state index contributed by atoms with van der Waals surface area (Å²) in [6.07, 6.45) is 1.48. The van der Waals surface area contributed by atoms with Gasteiger partial charge in [-0.25, -0.2) is 0 Å². The SMILES string of the molecule is O=C1CCCC1Oc1ccc([N+](=O)[O-])cc1OCc1ccccc1. The summed E-state index contributed by atoms with van der Waals surface area (Å²) in [6.45, 7) is 0.261. The van der Waals surface area contributed by atoms with E-state index < -0.39 is 11.0 Å². The average molecular weight is 327 g/mol. The second-order valence-corrected chi connectivity index (χ2v) is 5.63. The Kier molecular flexibility index (Phi) is 4.74. The topological polar surface area (TPSA) is 78.7 Å². The molecule has 0 N–H and O–H groups in total. The third-order valence-electron chi connectivity index (χ3n) is 3.89. The minimum atomic E-state index is -0.495. The average Bonchev–Trinajstić information content (AvgIpc) is 2.99. The van der Waals surface area contributed by atoms with Crippen LogP contribution in [0.5, 0.6) is 11.5 Å². The van der Waals surface area contributed by atoms with Gasteiger partial charge in [0.25, 0.3) is 5.69 Å². The van der Waals surface area contributed by atoms with E-state index in [1.807, 2.05) is 30.3 Å². The summed E-state index contributed by atoms with van der Waals surface area (Å²) in [5.74, 6) is 0.687. The summed E-state index contributed by atoms with van der Waals surface area (Å²) in [5.41, 5.74) is 0.857. The molecule has 0 aliphatic heterocycles. The van der Waals surface area contributed by atoms with Crippen molar-refractivity contribution in [2.24, 2.45) is 0 Å². The summed E-state index contributed by atoms with van der Waals surface area (Å²) in [5, 5.41) is 11.0. The molecule has 2 aromatic rings. The Balaban J connectivity index is 1.81. The lowest BCUT2D eigenvalue weighted by molar-refractivity contribution is -0.385. The zero-order chi connectivity index (χ0) is 16.9. The van der Waals surface area contributed by atoms with Gasteiger partial charge in [-0.2, -0.15) is 0 Å². The number of nitrogens with zero attached hydrogens (tertiary/aromatic N) is 1. The molecule has 1 fully saturated rings. The maximum atomic E-state index is 11.8. The Bertz CT molecular complexity index is 744. The maximum Gasteiger partial charge on any atom is 0.273 e. The fourth-order valence-electron chi connectivity index (χ4n) is 2.62. The second kappa shape index (κ2) is 7.12. The van der Waals surface area contributed by atoms with Crippen molar-refractivity contribution in [3.63, 3.8) is 0 Å². The number of ketones is 1. The van der Waals surface area contributed by atoms with Crippen molar-refractivity contribution in [3.8, 4) is 11.5 Å². The highest BCUT2D eigenvalue weighted by Gasteiger charge is 2.27. The first-order chi connectivity index (χ1) is 11.6. The zero-order valence-electron chi connectivity index (χ0n) is 13.0. The van der Waals surface area contributed by atoms with E-state index in [4.69, 9.17) is 9.47 Å². The van der Waals surface area contributed by atoms with E-state index in [2.05, 4.69) is 0 Å². The van der Waals surface area contributed by atoms with Crippen LogP contribution < -0.4 is 9.47 Å². The molecule has 0 heterocycles. The summed E-state index contributed by atoms with van der Waals surface area (Å²) in [4.78, 5) is 22.3. The number of Topliss-reactive ketones (excluding diaryl/α,β-unsaturated/α-hetero) is 1. The molecule has 0 bridgehead atoms. The number of carbonyl (C=O) groups excluding carboxylic acids is 1. The number of carbonyl (C=O) groups is 1. The van der Waals surface area contributed by atoms with E-state index in [1.165, 1.54) is 18.2 Å². The van der Waals surface area contributed by atoms with Crippen molar-refractivity contribution in [2.75, 3.05) is 0 Å². The molecular weight excluding hydrogens is 310 g/mol. The Morgan fingerprint density at radius 3 is 2.58 bits per heavy atom. The number of hydrogen-bond acceptors (Lipinski definition) is 5. The molecule has 6 nitrogen and oxygen atoms in total. The molecule has 3 rings (SSSR count). The van der Waals surface area contributed by atoms with Crippen molar-refractivity contribution in [1.29, 1.82) is 0 Å². The number of ether oxygens (including phenoxy) is 2. The first-order valence-corrected chi connectivity index (χ1v) is 7.78. The highest BCUT2D eigenvalue weighted by molar-refractivity contribution is 5.85. The normalized spacial score (nSPS) is 16.8. The van der Waals surface area contributed by atoms with Gasteiger partial charge in [0.1, 0.15) is 6.61 Å². The van der Waals surface area contributed by atoms with Gasteiger partial charge in [0, 0.05) is 12.5 Å². The monoisotopic (exact) mass is 327 g/mol. The molecule has 6 heteroatoms. The predicted molar refractivity (Wildman–Crippen MR) is 87.1 cm³/mol. The molecule has 1 aliphatic rings. The molecule has 0 spiro atoms. The molecule has 0 radical (unpaired) electrons. The molecule has 124 valence electrons. The molecule has 0 aromatic heterocycles. The van der Waals surface area contributed by atoms with Crippen LogP contribution in [0.15, 0.2) is 48.5 Å². The van der Waals surface area contributed by atoms with Gasteiger partial charge in [-0.05, 0) is 24.5 Å². The summed E-state index contributed by atoms with van der Waals surface area (Å²) in [7, 11) is 0. The van der Waals surface area contributed by atoms with E-state index in [1.54, 1.807) is 0 Å². The maximum absolute atomic E-state index is 11.8. The molecule has 1 atom stereocenters. The summed E-state index contributed by atoms with van der Waals surface area (Å²) < 4.78 is 11.5. The first-order valence-electron chi connectivity index (χ1n) is 7.78. The van der Waals surface area contributed by atoms with E-state index in [0.717, 1.165) is 12.0 Å². The number of hydrogen-bond donors (Lipinski definition) is 0. The zero-order valence-corrected chi connectivity index (χ0v) is 13.0. The van der Waals surface area contributed by atoms with Crippen LogP contribution in [0, 0.1) is 10.1 Å². The van der Waals surface area contributed by atoms with Crippen molar-refractivity contribution in [1.82, 2.24) is 0 Å². The van der Waals surface area contributed by atoms with Crippen LogP contribution in [-0.2, 0) is 11.4 Å². The van der Waals surface area contributed by atoms with Gasteiger partial charge in [0.15, 0.2) is 23.4 Å². The number of non-ortho nitro benzene ring substituents is 1. The van der Waals surface area contributed by atoms with Crippen molar-refractivity contribution in [2.45, 2.75) is 32.0 Å². The fraction of sp³-hybridized carbons (Fsp3) is 0.278. The minimum Gasteiger partial charge on any atom is -0.485 e. The minimum absolute atomic E-state index is 0.0577. The molecular formula is C18H17NO5. The molecule has 1 unspecified atom stereocenters. The van der Waals surface area contributed by atoms with E-state index in [9.17, 15) is 14.9 Å². The van der Waals surface area contributed by atoms with Crippen LogP contribution in [0.25, 0.3) is 0 Å². The van der Waals surface area contributed by atoms with Gasteiger partial charge in [-0.3, -0.25) is 14.9 Å². The lowest BCUT2D eigenvalue weighted by atomic mass is 10.2. The van der Waals surface area contributed by atoms with Crippen molar-refractivity contribution >= 4 is 11.5 Å². The fourth-order valence-corrected chi connectivity index (χ4v) is 2.62. The Morgan fingerprint density at radius 2 is 1.92 bits per heavy atom. The van der Waals surface area contributed by atoms with Crippen LogP contribution in [0.3, 0.4) is 0 Å². The van der Waals surface area contributed by atoms with Gasteiger partial charge < -0.3 is 9.47 Å². The van der Waals surface area contributed by atoms with Gasteiger partial charge >= 0.3 is 0 Å². The van der Waals surface area contributed by atoms with Gasteiger partial charge in [-0.1, -0.05) is 30.3 Å². The van der Waals surface area contributed by atoms with Crippen LogP contribution in [-0.4, -0.2) is 16.8 Å². The second-order valence-electron chi connectivity index (χ2n) is 5.63. The van der Waals surface area contributed by atoms with Crippen molar-refractivity contribution in [3.05, 3.63) is 64.2 Å². The highest BCUT2D eigenvalue weighted by atomic mass is 16.6. The number of benzene rings is 2. The quantitative estimate of drug-likeness (QED) is 0.597. The molecule has 0 saturated heterocycles. The summed E-state index contributed by atoms with van der Waals surface area (Å²) in [6, 6.07) is 13.7. The number of nitro groups is 1. The van der Waals surface area contributed by atoms with E-state index >= 15 is 0 Å². The molecule has 1 saturated carbocycles. The van der Waals surface area contributed by atoms with Crippen LogP contribution >= 0.6 is 0 Å². The third-order valence-corrected chi connectivity index (χ3v) is 3.89. The standard InChI is InChI=1S/C18H17NO5/c20-15-7-4-8-16(15)24-17-10-9-14(19(21)22)11-18(17)23-12-13-5-2-1-3-6-13/h1-3,5-6,9-11,16H,4,7-8,12H2. The molecule has 24 heavy (non-hydrogen) atoms. The smallest absolute Gasteiger partial charge is 0.273 e. The lowest BCUT2D eigenvalue weighted by Gasteiger charge is -2.16. The third kappa shape index (κ3) is 3.71. The lowest BCUT2D eigenvalue weighted by Crippen LogP contribution is -2.21. The Labute approximate surface area is 139 Å². The summed E-state index contributed by atoms with van der Waals surface area (Å²) >= 11 is 0. The van der Waals surface area contributed by atoms with Gasteiger partial charge in [0.2, 0.25) is 0 Å². The van der Waals surface area contributed by atoms with E-state index in [-0.39, 0.29) is 23.8 Å². The Morgan fingerprint density at radius 1 is 1.12 bits per heavy atom. The van der Waals surface area contributed by atoms with Gasteiger partial charge in [-0.15, -0.1) is 0 Å². The molecule has 0 amide bonds. The van der Waals surface area contributed by atoms with Crippen LogP contribution in [0.1, 0.15) is 24.8 Å². The van der Waals surface area contributed by atoms with Gasteiger partial charge in [0.05, 0.1) is 11.0 Å². The molecule has 1 aliphatic carbocycles. The largest absolute Gasteiger partial charge is 0.485 e. The highest BCUT2D eigenvalue weighted by Crippen LogP contribution is 2.34.